The highest BCUT2D eigenvalue weighted by Crippen LogP contribution is 2.46. The van der Waals surface area contributed by atoms with E-state index in [0.29, 0.717) is 12.3 Å². The van der Waals surface area contributed by atoms with Gasteiger partial charge >= 0.3 is 5.97 Å². The van der Waals surface area contributed by atoms with Crippen LogP contribution in [0.4, 0.5) is 0 Å². The second kappa shape index (κ2) is 7.78. The van der Waals surface area contributed by atoms with Crippen molar-refractivity contribution in [2.75, 3.05) is 7.11 Å². The first kappa shape index (κ1) is 18.9. The van der Waals surface area contributed by atoms with Gasteiger partial charge in [-0.3, -0.25) is 9.59 Å². The molecule has 0 heterocycles. The Kier molecular flexibility index (Phi) is 5.66. The summed E-state index contributed by atoms with van der Waals surface area (Å²) in [6.45, 7) is 1.77. The summed E-state index contributed by atoms with van der Waals surface area (Å²) in [5, 5.41) is 12.8. The van der Waals surface area contributed by atoms with E-state index in [1.54, 1.807) is 6.92 Å². The topological polar surface area (TPSA) is 75.6 Å². The molecule has 2 fully saturated rings. The van der Waals surface area contributed by atoms with E-state index in [2.05, 4.69) is 17.4 Å². The average molecular weight is 359 g/mol. The highest BCUT2D eigenvalue weighted by molar-refractivity contribution is 5.84. The van der Waals surface area contributed by atoms with E-state index >= 15 is 0 Å². The maximum atomic E-state index is 13.1. The Morgan fingerprint density at radius 1 is 1.27 bits per heavy atom. The molecule has 3 rings (SSSR count). The van der Waals surface area contributed by atoms with Gasteiger partial charge in [-0.05, 0) is 38.2 Å². The van der Waals surface area contributed by atoms with Crippen molar-refractivity contribution in [2.24, 2.45) is 11.3 Å². The lowest BCUT2D eigenvalue weighted by Gasteiger charge is -2.32. The first-order valence-electron chi connectivity index (χ1n) is 9.58. The molecule has 0 saturated heterocycles. The zero-order valence-corrected chi connectivity index (χ0v) is 15.6. The lowest BCUT2D eigenvalue weighted by atomic mass is 9.75. The number of methoxy groups -OCH3 is 1. The normalized spacial score (nSPS) is 26.1. The molecule has 142 valence electrons. The lowest BCUT2D eigenvalue weighted by molar-refractivity contribution is -0.149. The summed E-state index contributed by atoms with van der Waals surface area (Å²) in [5.74, 6) is -1.13. The highest BCUT2D eigenvalue weighted by Gasteiger charge is 2.48. The maximum Gasteiger partial charge on any atom is 0.309 e. The Hall–Kier alpha value is -1.88. The summed E-state index contributed by atoms with van der Waals surface area (Å²) in [7, 11) is 1.52. The van der Waals surface area contributed by atoms with Crippen molar-refractivity contribution in [1.82, 2.24) is 5.32 Å². The van der Waals surface area contributed by atoms with Gasteiger partial charge in [0.1, 0.15) is 0 Å². The number of carbonyl (C=O) groups excluding carboxylic acids is 1. The van der Waals surface area contributed by atoms with Crippen LogP contribution in [0.2, 0.25) is 0 Å². The standard InChI is InChI=1S/C21H29NO4/c1-14(26-2)17(19(23)24)13-21(10-6-7-11-21)20(25)22-18-12-16(18)15-8-4-3-5-9-15/h3-5,8-9,14,16-18H,6-7,10-13H2,1-2H3,(H,22,25)(H,23,24)/t14?,16-,17?,18+/m0/s1. The molecule has 2 saturated carbocycles. The number of nitrogens with one attached hydrogen (secondary N) is 1. The Morgan fingerprint density at radius 2 is 1.92 bits per heavy atom. The lowest BCUT2D eigenvalue weighted by Crippen LogP contribution is -2.44. The molecule has 2 N–H and O–H groups in total. The third-order valence-corrected chi connectivity index (χ3v) is 6.24. The summed E-state index contributed by atoms with van der Waals surface area (Å²) in [5.41, 5.74) is 0.689. The monoisotopic (exact) mass is 359 g/mol. The van der Waals surface area contributed by atoms with Crippen molar-refractivity contribution >= 4 is 11.9 Å². The van der Waals surface area contributed by atoms with Crippen LogP contribution in [0.5, 0.6) is 0 Å². The van der Waals surface area contributed by atoms with Gasteiger partial charge in [-0.2, -0.15) is 0 Å². The zero-order valence-electron chi connectivity index (χ0n) is 15.6. The summed E-state index contributed by atoms with van der Waals surface area (Å²) < 4.78 is 5.26. The largest absolute Gasteiger partial charge is 0.481 e. The number of carboxylic acid groups (broad SMARTS) is 1. The molecule has 0 spiro atoms. The maximum absolute atomic E-state index is 13.1. The van der Waals surface area contributed by atoms with Crippen molar-refractivity contribution in [3.63, 3.8) is 0 Å². The highest BCUT2D eigenvalue weighted by atomic mass is 16.5. The molecule has 2 aliphatic rings. The van der Waals surface area contributed by atoms with E-state index in [1.165, 1.54) is 12.7 Å². The number of rotatable bonds is 8. The predicted octanol–water partition coefficient (Wildman–Crippen LogP) is 3.34. The number of benzene rings is 1. The van der Waals surface area contributed by atoms with Crippen LogP contribution in [-0.4, -0.2) is 36.2 Å². The second-order valence-electron chi connectivity index (χ2n) is 7.91. The van der Waals surface area contributed by atoms with Crippen molar-refractivity contribution in [3.8, 4) is 0 Å². The Bertz CT molecular complexity index is 639. The third kappa shape index (κ3) is 3.93. The number of ether oxygens (including phenoxy) is 1. The van der Waals surface area contributed by atoms with Crippen LogP contribution in [0, 0.1) is 11.3 Å². The van der Waals surface area contributed by atoms with Crippen molar-refractivity contribution in [3.05, 3.63) is 35.9 Å². The van der Waals surface area contributed by atoms with Gasteiger partial charge in [0.25, 0.3) is 0 Å². The minimum atomic E-state index is -0.882. The Balaban J connectivity index is 1.67. The fraction of sp³-hybridized carbons (Fsp3) is 0.619. The van der Waals surface area contributed by atoms with E-state index in [4.69, 9.17) is 4.74 Å². The minimum Gasteiger partial charge on any atom is -0.481 e. The molecule has 1 aromatic carbocycles. The summed E-state index contributed by atoms with van der Waals surface area (Å²) in [4.78, 5) is 24.8. The molecule has 2 aliphatic carbocycles. The molecule has 1 amide bonds. The smallest absolute Gasteiger partial charge is 0.309 e. The zero-order chi connectivity index (χ0) is 18.7. The number of carboxylic acids is 1. The molecular formula is C21H29NO4. The van der Waals surface area contributed by atoms with E-state index in [0.717, 1.165) is 32.1 Å². The third-order valence-electron chi connectivity index (χ3n) is 6.24. The quantitative estimate of drug-likeness (QED) is 0.746. The molecule has 5 heteroatoms. The molecule has 1 aromatic rings. The van der Waals surface area contributed by atoms with Gasteiger partial charge in [0, 0.05) is 19.1 Å². The van der Waals surface area contributed by atoms with Crippen molar-refractivity contribution < 1.29 is 19.4 Å². The SMILES string of the molecule is COC(C)C(CC1(C(=O)N[C@@H]2C[C@H]2c2ccccc2)CCCC1)C(=O)O. The number of amides is 1. The summed E-state index contributed by atoms with van der Waals surface area (Å²) in [6, 6.07) is 10.4. The van der Waals surface area contributed by atoms with E-state index in [-0.39, 0.29) is 11.9 Å². The molecule has 5 nitrogen and oxygen atoms in total. The molecule has 2 unspecified atom stereocenters. The molecule has 4 atom stereocenters. The van der Waals surface area contributed by atoms with Crippen molar-refractivity contribution in [1.29, 1.82) is 0 Å². The number of hydrogen-bond donors (Lipinski definition) is 2. The van der Waals surface area contributed by atoms with E-state index in [1.807, 2.05) is 18.2 Å². The van der Waals surface area contributed by atoms with Crippen LogP contribution in [-0.2, 0) is 14.3 Å². The van der Waals surface area contributed by atoms with Crippen LogP contribution in [0.3, 0.4) is 0 Å². The second-order valence-corrected chi connectivity index (χ2v) is 7.91. The van der Waals surface area contributed by atoms with Crippen molar-refractivity contribution in [2.45, 2.75) is 63.5 Å². The number of carbonyl (C=O) groups is 2. The van der Waals surface area contributed by atoms with Gasteiger partial charge in [-0.25, -0.2) is 0 Å². The van der Waals surface area contributed by atoms with Gasteiger partial charge < -0.3 is 15.2 Å². The van der Waals surface area contributed by atoms with E-state index < -0.39 is 23.4 Å². The Morgan fingerprint density at radius 3 is 2.50 bits per heavy atom. The summed E-state index contributed by atoms with van der Waals surface area (Å²) in [6.07, 6.45) is 4.40. The minimum absolute atomic E-state index is 0.0352. The first-order valence-corrected chi connectivity index (χ1v) is 9.58. The number of hydrogen-bond acceptors (Lipinski definition) is 3. The van der Waals surface area contributed by atoms with Crippen LogP contribution >= 0.6 is 0 Å². The van der Waals surface area contributed by atoms with Crippen LogP contribution in [0.15, 0.2) is 30.3 Å². The number of aliphatic carboxylic acids is 1. The van der Waals surface area contributed by atoms with Gasteiger partial charge in [0.2, 0.25) is 5.91 Å². The van der Waals surface area contributed by atoms with Crippen LogP contribution < -0.4 is 5.32 Å². The molecule has 0 bridgehead atoms. The first-order chi connectivity index (χ1) is 12.5. The van der Waals surface area contributed by atoms with Gasteiger partial charge in [-0.15, -0.1) is 0 Å². The fourth-order valence-corrected chi connectivity index (χ4v) is 4.36. The van der Waals surface area contributed by atoms with Crippen LogP contribution in [0.25, 0.3) is 0 Å². The average Bonchev–Trinajstić information content (AvgIpc) is 3.24. The van der Waals surface area contributed by atoms with Crippen LogP contribution in [0.1, 0.15) is 56.9 Å². The summed E-state index contributed by atoms with van der Waals surface area (Å²) >= 11 is 0. The predicted molar refractivity (Wildman–Crippen MR) is 98.8 cm³/mol. The fourth-order valence-electron chi connectivity index (χ4n) is 4.36. The molecule has 0 radical (unpaired) electrons. The molecule has 0 aromatic heterocycles. The van der Waals surface area contributed by atoms with E-state index in [9.17, 15) is 14.7 Å². The molecule has 26 heavy (non-hydrogen) atoms. The Labute approximate surface area is 155 Å². The molecule has 0 aliphatic heterocycles. The van der Waals surface area contributed by atoms with Gasteiger partial charge in [0.15, 0.2) is 0 Å². The molecular weight excluding hydrogens is 330 g/mol. The van der Waals surface area contributed by atoms with Gasteiger partial charge in [-0.1, -0.05) is 43.2 Å². The van der Waals surface area contributed by atoms with Gasteiger partial charge in [0.05, 0.1) is 17.4 Å².